The van der Waals surface area contributed by atoms with Gasteiger partial charge >= 0.3 is 0 Å². The fraction of sp³-hybridized carbons (Fsp3) is 0. The lowest BCUT2D eigenvalue weighted by Gasteiger charge is -2.28. The van der Waals surface area contributed by atoms with Crippen molar-refractivity contribution in [1.29, 1.82) is 0 Å². The van der Waals surface area contributed by atoms with Crippen LogP contribution in [-0.4, -0.2) is 0 Å². The molecule has 0 aliphatic carbocycles. The molecule has 2 nitrogen and oxygen atoms in total. The third-order valence-corrected chi connectivity index (χ3v) is 11.0. The van der Waals surface area contributed by atoms with Crippen molar-refractivity contribution in [2.24, 2.45) is 0 Å². The number of fused-ring (bicyclic) bond motifs is 9. The van der Waals surface area contributed by atoms with Crippen LogP contribution in [0.2, 0.25) is 0 Å². The second kappa shape index (κ2) is 12.2. The molecule has 0 N–H and O–H groups in total. The van der Waals surface area contributed by atoms with Crippen LogP contribution in [0.4, 0.5) is 17.1 Å². The Hall–Kier alpha value is -7.16. The quantitative estimate of drug-likeness (QED) is 0.168. The van der Waals surface area contributed by atoms with Gasteiger partial charge in [-0.15, -0.1) is 0 Å². The van der Waals surface area contributed by atoms with Crippen LogP contribution in [0.3, 0.4) is 0 Å². The summed E-state index contributed by atoms with van der Waals surface area (Å²) in [5.41, 5.74) is 9.69. The maximum Gasteiger partial charge on any atom is 0.143 e. The Kier molecular flexibility index (Phi) is 6.90. The molecule has 0 bridgehead atoms. The summed E-state index contributed by atoms with van der Waals surface area (Å²) >= 11 is 0. The lowest BCUT2D eigenvalue weighted by molar-refractivity contribution is 0.670. The zero-order valence-electron chi connectivity index (χ0n) is 29.4. The van der Waals surface area contributed by atoms with E-state index in [9.17, 15) is 0 Å². The summed E-state index contributed by atoms with van der Waals surface area (Å²) in [6.07, 6.45) is 0. The molecular weight excluding hydrogens is 655 g/mol. The number of rotatable bonds is 5. The van der Waals surface area contributed by atoms with Crippen LogP contribution in [-0.2, 0) is 0 Å². The molecule has 10 aromatic carbocycles. The topological polar surface area (TPSA) is 16.4 Å². The summed E-state index contributed by atoms with van der Waals surface area (Å²) < 4.78 is 6.61. The van der Waals surface area contributed by atoms with Crippen LogP contribution < -0.4 is 4.90 Å². The van der Waals surface area contributed by atoms with Crippen molar-refractivity contribution in [1.82, 2.24) is 0 Å². The smallest absolute Gasteiger partial charge is 0.143 e. The fourth-order valence-corrected chi connectivity index (χ4v) is 8.48. The summed E-state index contributed by atoms with van der Waals surface area (Å²) in [5.74, 6) is 0. The van der Waals surface area contributed by atoms with Crippen LogP contribution in [0.5, 0.6) is 0 Å². The van der Waals surface area contributed by atoms with E-state index in [1.165, 1.54) is 43.1 Å². The molecule has 0 radical (unpaired) electrons. The second-order valence-corrected chi connectivity index (χ2v) is 14.1. The molecule has 0 atom stereocenters. The highest BCUT2D eigenvalue weighted by atomic mass is 16.3. The first-order valence-electron chi connectivity index (χ1n) is 18.5. The van der Waals surface area contributed by atoms with Crippen LogP contribution in [0.25, 0.3) is 87.3 Å². The number of hydrogen-bond donors (Lipinski definition) is 0. The Morgan fingerprint density at radius 1 is 0.333 bits per heavy atom. The minimum Gasteiger partial charge on any atom is -0.455 e. The third kappa shape index (κ3) is 4.81. The molecule has 11 rings (SSSR count). The molecule has 0 amide bonds. The van der Waals surface area contributed by atoms with Gasteiger partial charge in [0.25, 0.3) is 0 Å². The van der Waals surface area contributed by atoms with E-state index < -0.39 is 0 Å². The molecule has 252 valence electrons. The number of nitrogens with zero attached hydrogens (tertiary/aromatic N) is 1. The number of benzene rings is 10. The van der Waals surface area contributed by atoms with E-state index in [1.807, 2.05) is 6.07 Å². The highest BCUT2D eigenvalue weighted by Crippen LogP contribution is 2.45. The summed E-state index contributed by atoms with van der Waals surface area (Å²) in [6, 6.07) is 72.3. The van der Waals surface area contributed by atoms with Crippen molar-refractivity contribution in [3.8, 4) is 22.3 Å². The van der Waals surface area contributed by atoms with Gasteiger partial charge in [-0.25, -0.2) is 0 Å². The molecular formula is C52H33NO. The van der Waals surface area contributed by atoms with Crippen molar-refractivity contribution in [3.63, 3.8) is 0 Å². The number of hydrogen-bond acceptors (Lipinski definition) is 2. The zero-order valence-corrected chi connectivity index (χ0v) is 29.4. The minimum atomic E-state index is 0.896. The Morgan fingerprint density at radius 3 is 1.70 bits per heavy atom. The van der Waals surface area contributed by atoms with Gasteiger partial charge in [-0.2, -0.15) is 0 Å². The largest absolute Gasteiger partial charge is 0.455 e. The number of furan rings is 1. The monoisotopic (exact) mass is 687 g/mol. The summed E-state index contributed by atoms with van der Waals surface area (Å²) in [4.78, 5) is 2.42. The van der Waals surface area contributed by atoms with Gasteiger partial charge in [0.2, 0.25) is 0 Å². The van der Waals surface area contributed by atoms with Gasteiger partial charge in [0, 0.05) is 33.1 Å². The first kappa shape index (κ1) is 30.5. The highest BCUT2D eigenvalue weighted by Gasteiger charge is 2.20. The molecule has 0 fully saturated rings. The van der Waals surface area contributed by atoms with Gasteiger partial charge in [-0.1, -0.05) is 158 Å². The highest BCUT2D eigenvalue weighted by molar-refractivity contribution is 6.17. The van der Waals surface area contributed by atoms with Crippen molar-refractivity contribution >= 4 is 82.1 Å². The summed E-state index contributed by atoms with van der Waals surface area (Å²) in [5, 5.41) is 12.2. The van der Waals surface area contributed by atoms with E-state index >= 15 is 0 Å². The standard InChI is InChI=1S/C52H33NO/c1-2-11-34(12-3-1)44-32-31-43(51-47-17-8-9-20-50(47)54-52(44)51)37-23-27-39(28-24-37)53(40-29-25-38-22-21-35-13-5-7-16-42(35)48(38)33-40)49-19-10-18-45-41-15-6-4-14-36(41)26-30-46(45)49/h1-33H. The molecule has 0 saturated carbocycles. The van der Waals surface area contributed by atoms with Gasteiger partial charge in [0.1, 0.15) is 11.2 Å². The average Bonchev–Trinajstić information content (AvgIpc) is 3.64. The van der Waals surface area contributed by atoms with Gasteiger partial charge in [0.05, 0.1) is 5.69 Å². The zero-order chi connectivity index (χ0) is 35.6. The fourth-order valence-electron chi connectivity index (χ4n) is 8.48. The van der Waals surface area contributed by atoms with Crippen LogP contribution in [0, 0.1) is 0 Å². The van der Waals surface area contributed by atoms with E-state index in [1.54, 1.807) is 0 Å². The summed E-state index contributed by atoms with van der Waals surface area (Å²) in [7, 11) is 0. The van der Waals surface area contributed by atoms with Gasteiger partial charge < -0.3 is 9.32 Å². The van der Waals surface area contributed by atoms with E-state index in [4.69, 9.17) is 4.42 Å². The predicted molar refractivity (Wildman–Crippen MR) is 229 cm³/mol. The molecule has 11 aromatic rings. The minimum absolute atomic E-state index is 0.896. The van der Waals surface area contributed by atoms with Gasteiger partial charge in [-0.3, -0.25) is 0 Å². The Morgan fingerprint density at radius 2 is 0.907 bits per heavy atom. The first-order chi connectivity index (χ1) is 26.8. The van der Waals surface area contributed by atoms with E-state index in [-0.39, 0.29) is 0 Å². The Labute approximate surface area is 312 Å². The van der Waals surface area contributed by atoms with Crippen LogP contribution in [0.15, 0.2) is 205 Å². The number of anilines is 3. The average molecular weight is 688 g/mol. The maximum absolute atomic E-state index is 6.61. The lowest BCUT2D eigenvalue weighted by Crippen LogP contribution is -2.10. The summed E-state index contributed by atoms with van der Waals surface area (Å²) in [6.45, 7) is 0. The predicted octanol–water partition coefficient (Wildman–Crippen LogP) is 15.0. The van der Waals surface area contributed by atoms with Crippen molar-refractivity contribution in [2.45, 2.75) is 0 Å². The van der Waals surface area contributed by atoms with Crippen molar-refractivity contribution < 1.29 is 4.42 Å². The Bertz CT molecular complexity index is 3210. The van der Waals surface area contributed by atoms with Crippen molar-refractivity contribution in [2.75, 3.05) is 4.90 Å². The Balaban J connectivity index is 1.12. The molecule has 0 aliphatic heterocycles. The first-order valence-corrected chi connectivity index (χ1v) is 18.5. The number of para-hydroxylation sites is 1. The van der Waals surface area contributed by atoms with E-state index in [0.717, 1.165) is 61.3 Å². The molecule has 2 heteroatoms. The molecule has 1 heterocycles. The molecule has 54 heavy (non-hydrogen) atoms. The van der Waals surface area contributed by atoms with Crippen LogP contribution in [0.1, 0.15) is 0 Å². The molecule has 0 spiro atoms. The van der Waals surface area contributed by atoms with Gasteiger partial charge in [-0.05, 0) is 96.9 Å². The lowest BCUT2D eigenvalue weighted by atomic mass is 9.94. The molecule has 1 aromatic heterocycles. The third-order valence-electron chi connectivity index (χ3n) is 11.0. The van der Waals surface area contributed by atoms with Crippen molar-refractivity contribution in [3.05, 3.63) is 200 Å². The van der Waals surface area contributed by atoms with Crippen LogP contribution >= 0.6 is 0 Å². The SMILES string of the molecule is c1ccc(-c2ccc(-c3ccc(N(c4ccc5ccc6ccccc6c5c4)c4cccc5c4ccc4ccccc45)cc3)c3c2oc2ccccc23)cc1. The molecule has 0 aliphatic rings. The van der Waals surface area contributed by atoms with E-state index in [2.05, 4.69) is 199 Å². The van der Waals surface area contributed by atoms with Gasteiger partial charge in [0.15, 0.2) is 0 Å². The molecule has 0 saturated heterocycles. The van der Waals surface area contributed by atoms with E-state index in [0.29, 0.717) is 0 Å². The normalized spacial score (nSPS) is 11.7. The second-order valence-electron chi connectivity index (χ2n) is 14.1. The maximum atomic E-state index is 6.61. The molecule has 0 unspecified atom stereocenters.